The highest BCUT2D eigenvalue weighted by Gasteiger charge is 2.36. The third-order valence-electron chi connectivity index (χ3n) is 6.29. The van der Waals surface area contributed by atoms with E-state index < -0.39 is 22.6 Å². The molecule has 6 heteroatoms. The highest BCUT2D eigenvalue weighted by Crippen LogP contribution is 2.40. The first-order valence-electron chi connectivity index (χ1n) is 10.1. The van der Waals surface area contributed by atoms with Crippen molar-refractivity contribution in [1.82, 2.24) is 0 Å². The maximum absolute atomic E-state index is 14.0. The third kappa shape index (κ3) is 5.29. The van der Waals surface area contributed by atoms with Crippen LogP contribution in [-0.4, -0.2) is 12.7 Å². The van der Waals surface area contributed by atoms with Gasteiger partial charge in [0.1, 0.15) is 17.2 Å². The molecule has 2 fully saturated rings. The summed E-state index contributed by atoms with van der Waals surface area (Å²) in [7, 11) is 0. The average Bonchev–Trinajstić information content (AvgIpc) is 2.65. The van der Waals surface area contributed by atoms with Crippen molar-refractivity contribution in [1.29, 1.82) is 0 Å². The molecule has 0 atom stereocenters. The van der Waals surface area contributed by atoms with Crippen molar-refractivity contribution in [3.8, 4) is 0 Å². The summed E-state index contributed by atoms with van der Waals surface area (Å²) in [4.78, 5) is 0. The molecule has 0 N–H and O–H groups in total. The van der Waals surface area contributed by atoms with Crippen LogP contribution in [0.1, 0.15) is 68.4 Å². The van der Waals surface area contributed by atoms with Crippen LogP contribution in [-0.2, 0) is 10.1 Å². The molecule has 0 aromatic heterocycles. The van der Waals surface area contributed by atoms with Gasteiger partial charge in [-0.3, -0.25) is 0 Å². The van der Waals surface area contributed by atoms with E-state index >= 15 is 0 Å². The summed E-state index contributed by atoms with van der Waals surface area (Å²) < 4.78 is 60.4. The fraction of sp³-hybridized carbons (Fsp3) is 0.636. The molecule has 0 radical (unpaired) electrons. The van der Waals surface area contributed by atoms with E-state index in [2.05, 4.69) is 6.58 Å². The molecule has 156 valence electrons. The van der Waals surface area contributed by atoms with Gasteiger partial charge in [-0.1, -0.05) is 6.08 Å². The maximum Gasteiger partial charge on any atom is 0.353 e. The van der Waals surface area contributed by atoms with Crippen LogP contribution in [0, 0.1) is 23.5 Å². The van der Waals surface area contributed by atoms with Gasteiger partial charge in [0, 0.05) is 6.61 Å². The van der Waals surface area contributed by atoms with Crippen molar-refractivity contribution in [2.45, 2.75) is 68.8 Å². The van der Waals surface area contributed by atoms with Crippen LogP contribution >= 0.6 is 11.6 Å². The van der Waals surface area contributed by atoms with Gasteiger partial charge in [-0.05, 0) is 98.4 Å². The minimum Gasteiger partial charge on any atom is -0.378 e. The van der Waals surface area contributed by atoms with E-state index in [1.165, 1.54) is 25.7 Å². The molecule has 1 aromatic rings. The molecule has 2 saturated carbocycles. The molecule has 0 spiro atoms. The molecular formula is C22H27ClF4O. The highest BCUT2D eigenvalue weighted by molar-refractivity contribution is 6.21. The lowest BCUT2D eigenvalue weighted by atomic mass is 9.81. The second-order valence-corrected chi connectivity index (χ2v) is 8.66. The molecular weight excluding hydrogens is 392 g/mol. The Kier molecular flexibility index (Phi) is 7.08. The summed E-state index contributed by atoms with van der Waals surface area (Å²) in [6, 6.07) is 2.00. The number of ether oxygens (including phenoxy) is 1. The Morgan fingerprint density at radius 1 is 1.00 bits per heavy atom. The van der Waals surface area contributed by atoms with Crippen LogP contribution < -0.4 is 0 Å². The largest absolute Gasteiger partial charge is 0.378 e. The number of benzene rings is 1. The van der Waals surface area contributed by atoms with Gasteiger partial charge in [0.15, 0.2) is 0 Å². The normalized spacial score (nSPS) is 28.9. The number of hydrogen-bond donors (Lipinski definition) is 0. The molecule has 0 bridgehead atoms. The fourth-order valence-corrected chi connectivity index (χ4v) is 4.71. The predicted octanol–water partition coefficient (Wildman–Crippen LogP) is 7.29. The number of allylic oxidation sites excluding steroid dienone is 1. The van der Waals surface area contributed by atoms with Crippen LogP contribution in [0.2, 0.25) is 0 Å². The van der Waals surface area contributed by atoms with E-state index in [9.17, 15) is 17.6 Å². The Hall–Kier alpha value is -1.07. The van der Waals surface area contributed by atoms with Crippen molar-refractivity contribution in [3.63, 3.8) is 0 Å². The van der Waals surface area contributed by atoms with Crippen LogP contribution in [0.4, 0.5) is 17.6 Å². The standard InChI is InChI=1S/C22H27ClF4O/c1-2-14-3-5-15(6-4-14)13-28-18-9-7-16(8-10-18)17-11-19(24)21(20(25)12-17)22(23,26)27/h2,11-12,14-16,18H,1,3-10,13H2. The molecule has 0 unspecified atom stereocenters. The monoisotopic (exact) mass is 418 g/mol. The van der Waals surface area contributed by atoms with E-state index in [-0.39, 0.29) is 12.0 Å². The summed E-state index contributed by atoms with van der Waals surface area (Å²) in [5.41, 5.74) is -0.957. The zero-order valence-electron chi connectivity index (χ0n) is 15.9. The maximum atomic E-state index is 14.0. The molecule has 0 heterocycles. The second kappa shape index (κ2) is 9.17. The Balaban J connectivity index is 1.50. The summed E-state index contributed by atoms with van der Waals surface area (Å²) in [6.07, 6.45) is 9.97. The van der Waals surface area contributed by atoms with Gasteiger partial charge in [0.2, 0.25) is 0 Å². The third-order valence-corrected chi connectivity index (χ3v) is 6.47. The summed E-state index contributed by atoms with van der Waals surface area (Å²) in [5.74, 6) is -1.39. The van der Waals surface area contributed by atoms with Gasteiger partial charge >= 0.3 is 5.38 Å². The van der Waals surface area contributed by atoms with Gasteiger partial charge in [0.05, 0.1) is 6.10 Å². The number of alkyl halides is 3. The zero-order valence-corrected chi connectivity index (χ0v) is 16.7. The first-order valence-corrected chi connectivity index (χ1v) is 10.5. The Bertz CT molecular complexity index is 649. The highest BCUT2D eigenvalue weighted by atomic mass is 35.5. The molecule has 3 rings (SSSR count). The Morgan fingerprint density at radius 3 is 2.07 bits per heavy atom. The van der Waals surface area contributed by atoms with Crippen molar-refractivity contribution in [3.05, 3.63) is 47.5 Å². The minimum atomic E-state index is -4.05. The number of hydrogen-bond acceptors (Lipinski definition) is 1. The van der Waals surface area contributed by atoms with E-state index in [1.807, 2.05) is 6.08 Å². The van der Waals surface area contributed by atoms with E-state index in [1.54, 1.807) is 0 Å². The SMILES string of the molecule is C=CC1CCC(COC2CCC(c3cc(F)c(C(F)(F)Cl)c(F)c3)CC2)CC1. The van der Waals surface area contributed by atoms with E-state index in [0.717, 1.165) is 44.4 Å². The van der Waals surface area contributed by atoms with E-state index in [0.29, 0.717) is 17.4 Å². The molecule has 28 heavy (non-hydrogen) atoms. The Morgan fingerprint density at radius 2 is 1.57 bits per heavy atom. The van der Waals surface area contributed by atoms with Gasteiger partial charge in [-0.2, -0.15) is 8.78 Å². The molecule has 1 nitrogen and oxygen atoms in total. The molecule has 1 aromatic carbocycles. The summed E-state index contributed by atoms with van der Waals surface area (Å²) in [6.45, 7) is 4.63. The van der Waals surface area contributed by atoms with Gasteiger partial charge in [-0.25, -0.2) is 8.78 Å². The first kappa shape index (κ1) is 21.6. The van der Waals surface area contributed by atoms with Crippen LogP contribution in [0.3, 0.4) is 0 Å². The Labute approximate surface area is 169 Å². The molecule has 0 saturated heterocycles. The number of halogens is 5. The lowest BCUT2D eigenvalue weighted by molar-refractivity contribution is -0.00339. The first-order chi connectivity index (χ1) is 13.3. The lowest BCUT2D eigenvalue weighted by Gasteiger charge is -2.32. The average molecular weight is 419 g/mol. The van der Waals surface area contributed by atoms with Gasteiger partial charge in [0.25, 0.3) is 0 Å². The van der Waals surface area contributed by atoms with Crippen molar-refractivity contribution >= 4 is 11.6 Å². The van der Waals surface area contributed by atoms with Crippen LogP contribution in [0.5, 0.6) is 0 Å². The van der Waals surface area contributed by atoms with Crippen molar-refractivity contribution in [2.75, 3.05) is 6.61 Å². The van der Waals surface area contributed by atoms with Crippen LogP contribution in [0.15, 0.2) is 24.8 Å². The topological polar surface area (TPSA) is 9.23 Å². The zero-order chi connectivity index (χ0) is 20.3. The predicted molar refractivity (Wildman–Crippen MR) is 103 cm³/mol. The second-order valence-electron chi connectivity index (χ2n) is 8.18. The van der Waals surface area contributed by atoms with E-state index in [4.69, 9.17) is 16.3 Å². The summed E-state index contributed by atoms with van der Waals surface area (Å²) in [5, 5.41) is -4.05. The van der Waals surface area contributed by atoms with Gasteiger partial charge < -0.3 is 4.74 Å². The minimum absolute atomic E-state index is 0.0510. The van der Waals surface area contributed by atoms with Crippen LogP contribution in [0.25, 0.3) is 0 Å². The molecule has 0 amide bonds. The van der Waals surface area contributed by atoms with Crippen molar-refractivity contribution in [2.24, 2.45) is 11.8 Å². The molecule has 2 aliphatic carbocycles. The smallest absolute Gasteiger partial charge is 0.353 e. The fourth-order valence-electron chi connectivity index (χ4n) is 4.52. The van der Waals surface area contributed by atoms with Gasteiger partial charge in [-0.15, -0.1) is 6.58 Å². The summed E-state index contributed by atoms with van der Waals surface area (Å²) >= 11 is 4.81. The molecule has 2 aliphatic rings. The van der Waals surface area contributed by atoms with Crippen molar-refractivity contribution < 1.29 is 22.3 Å². The number of rotatable bonds is 6. The quantitative estimate of drug-likeness (QED) is 0.268. The molecule has 0 aliphatic heterocycles. The lowest BCUT2D eigenvalue weighted by Crippen LogP contribution is -2.25.